The highest BCUT2D eigenvalue weighted by atomic mass is 19.1. The van der Waals surface area contributed by atoms with Gasteiger partial charge in [-0.1, -0.05) is 0 Å². The summed E-state index contributed by atoms with van der Waals surface area (Å²) < 4.78 is 22.5. The van der Waals surface area contributed by atoms with Gasteiger partial charge in [0, 0.05) is 26.6 Å². The van der Waals surface area contributed by atoms with Gasteiger partial charge in [-0.25, -0.2) is 9.18 Å². The average molecular weight is 525 g/mol. The summed E-state index contributed by atoms with van der Waals surface area (Å²) in [5.41, 5.74) is -0.319. The fourth-order valence-corrected chi connectivity index (χ4v) is 3.50. The maximum Gasteiger partial charge on any atom is 0.407 e. The molecular weight excluding hydrogens is 483 g/mol. The molecule has 0 saturated carbocycles. The second-order valence-corrected chi connectivity index (χ2v) is 10.1. The van der Waals surface area contributed by atoms with Crippen LogP contribution in [0.15, 0.2) is 18.2 Å². The molecule has 0 bridgehead atoms. The first kappa shape index (κ1) is 31.8. The molecule has 1 aliphatic rings. The summed E-state index contributed by atoms with van der Waals surface area (Å²) in [6.07, 6.45) is 1.98. The van der Waals surface area contributed by atoms with Crippen molar-refractivity contribution in [1.82, 2.24) is 20.0 Å². The highest BCUT2D eigenvalue weighted by molar-refractivity contribution is 5.85. The van der Waals surface area contributed by atoms with E-state index in [4.69, 9.17) is 9.47 Å². The Kier molecular flexibility index (Phi) is 13.0. The van der Waals surface area contributed by atoms with E-state index in [2.05, 4.69) is 5.32 Å². The quantitative estimate of drug-likeness (QED) is 0.495. The molecule has 1 saturated heterocycles. The van der Waals surface area contributed by atoms with E-state index in [1.807, 2.05) is 39.8 Å². The molecule has 1 aromatic carbocycles. The van der Waals surface area contributed by atoms with Crippen LogP contribution in [0.1, 0.15) is 50.4 Å². The van der Waals surface area contributed by atoms with Crippen molar-refractivity contribution in [2.45, 2.75) is 51.7 Å². The van der Waals surface area contributed by atoms with Crippen LogP contribution >= 0.6 is 0 Å². The number of methoxy groups -OCH3 is 1. The lowest BCUT2D eigenvalue weighted by molar-refractivity contribution is -0.138. The molecule has 1 unspecified atom stereocenters. The number of carbonyl (C=O) groups is 4. The molecule has 11 heteroatoms. The number of aldehydes is 1. The standard InChI is InChI=1S/C18H34N4O4.C8H7FO2/c1-18(2,3)26-17(25)19-14-9-11-22(12-14)16(24)13-21(6)15(23)8-7-10-20(4)5;1-11-8-3-2-7(9)4-6(8)5-10/h14H,7-13H2,1-6H3,(H,19,25);2-5H,1H3. The molecule has 2 rings (SSSR count). The third-order valence-corrected chi connectivity index (χ3v) is 5.37. The van der Waals surface area contributed by atoms with Gasteiger partial charge >= 0.3 is 6.09 Å². The molecule has 3 amide bonds. The van der Waals surface area contributed by atoms with Crippen LogP contribution in [0, 0.1) is 5.82 Å². The zero-order valence-corrected chi connectivity index (χ0v) is 23.0. The fraction of sp³-hybridized carbons (Fsp3) is 0.615. The molecule has 0 radical (unpaired) electrons. The van der Waals surface area contributed by atoms with Gasteiger partial charge < -0.3 is 29.5 Å². The number of carbonyl (C=O) groups excluding carboxylic acids is 4. The Labute approximate surface area is 219 Å². The van der Waals surface area contributed by atoms with Crippen molar-refractivity contribution in [2.24, 2.45) is 0 Å². The zero-order chi connectivity index (χ0) is 28.2. The summed E-state index contributed by atoms with van der Waals surface area (Å²) in [6, 6.07) is 3.67. The van der Waals surface area contributed by atoms with Gasteiger partial charge in [-0.15, -0.1) is 0 Å². The molecule has 0 aliphatic carbocycles. The molecule has 208 valence electrons. The van der Waals surface area contributed by atoms with Crippen molar-refractivity contribution >= 4 is 24.2 Å². The van der Waals surface area contributed by atoms with Crippen LogP contribution < -0.4 is 10.1 Å². The topological polar surface area (TPSA) is 108 Å². The summed E-state index contributed by atoms with van der Waals surface area (Å²) >= 11 is 0. The number of halogens is 1. The van der Waals surface area contributed by atoms with Crippen LogP contribution in [0.3, 0.4) is 0 Å². The molecule has 1 aromatic rings. The van der Waals surface area contributed by atoms with Gasteiger partial charge in [0.2, 0.25) is 11.8 Å². The van der Waals surface area contributed by atoms with Gasteiger partial charge in [0.1, 0.15) is 17.2 Å². The maximum absolute atomic E-state index is 12.5. The van der Waals surface area contributed by atoms with Gasteiger partial charge in [0.05, 0.1) is 25.3 Å². The van der Waals surface area contributed by atoms with Gasteiger partial charge in [0.15, 0.2) is 6.29 Å². The summed E-state index contributed by atoms with van der Waals surface area (Å²) in [5, 5.41) is 2.79. The zero-order valence-electron chi connectivity index (χ0n) is 23.0. The number of ether oxygens (including phenoxy) is 2. The van der Waals surface area contributed by atoms with E-state index in [0.29, 0.717) is 38.0 Å². The summed E-state index contributed by atoms with van der Waals surface area (Å²) in [7, 11) is 7.02. The van der Waals surface area contributed by atoms with Crippen molar-refractivity contribution in [3.8, 4) is 5.75 Å². The maximum atomic E-state index is 12.5. The molecule has 10 nitrogen and oxygen atoms in total. The van der Waals surface area contributed by atoms with Crippen LogP contribution in [0.5, 0.6) is 5.75 Å². The lowest BCUT2D eigenvalue weighted by Crippen LogP contribution is -2.43. The number of benzene rings is 1. The number of alkyl carbamates (subject to hydrolysis) is 1. The molecule has 1 heterocycles. The molecule has 1 atom stereocenters. The molecule has 1 fully saturated rings. The predicted octanol–water partition coefficient (Wildman–Crippen LogP) is 2.56. The lowest BCUT2D eigenvalue weighted by Gasteiger charge is -2.23. The predicted molar refractivity (Wildman–Crippen MR) is 138 cm³/mol. The Morgan fingerprint density at radius 3 is 2.46 bits per heavy atom. The van der Waals surface area contributed by atoms with Crippen LogP contribution in [-0.4, -0.2) is 105 Å². The van der Waals surface area contributed by atoms with Crippen molar-refractivity contribution < 1.29 is 33.0 Å². The van der Waals surface area contributed by atoms with Gasteiger partial charge in [0.25, 0.3) is 0 Å². The minimum Gasteiger partial charge on any atom is -0.496 e. The molecular formula is C26H41FN4O6. The minimum atomic E-state index is -0.548. The van der Waals surface area contributed by atoms with Crippen molar-refractivity contribution in [3.63, 3.8) is 0 Å². The second kappa shape index (κ2) is 15.1. The number of likely N-dealkylation sites (N-methyl/N-ethyl adjacent to an activating group) is 1. The van der Waals surface area contributed by atoms with Crippen molar-refractivity contribution in [2.75, 3.05) is 54.4 Å². The molecule has 1 N–H and O–H groups in total. The molecule has 0 aromatic heterocycles. The SMILES string of the molecule is CN(C)CCCC(=O)N(C)CC(=O)N1CCC(NC(=O)OC(C)(C)C)C1.COc1ccc(F)cc1C=O. The molecule has 37 heavy (non-hydrogen) atoms. The first-order chi connectivity index (χ1) is 17.2. The summed E-state index contributed by atoms with van der Waals surface area (Å²) in [4.78, 5) is 51.8. The van der Waals surface area contributed by atoms with Crippen LogP contribution in [0.4, 0.5) is 9.18 Å². The Morgan fingerprint density at radius 2 is 1.89 bits per heavy atom. The largest absolute Gasteiger partial charge is 0.496 e. The Bertz CT molecular complexity index is 919. The Balaban J connectivity index is 0.000000516. The number of amides is 3. The highest BCUT2D eigenvalue weighted by Gasteiger charge is 2.29. The van der Waals surface area contributed by atoms with E-state index in [1.165, 1.54) is 24.1 Å². The minimum absolute atomic E-state index is 0.0252. The lowest BCUT2D eigenvalue weighted by atomic mass is 10.2. The van der Waals surface area contributed by atoms with Crippen molar-refractivity contribution in [3.05, 3.63) is 29.6 Å². The van der Waals surface area contributed by atoms with Gasteiger partial charge in [-0.05, 0) is 72.5 Å². The Hall–Kier alpha value is -3.21. The number of hydrogen-bond acceptors (Lipinski definition) is 7. The first-order valence-electron chi connectivity index (χ1n) is 12.2. The van der Waals surface area contributed by atoms with E-state index >= 15 is 0 Å². The van der Waals surface area contributed by atoms with E-state index < -0.39 is 17.5 Å². The third-order valence-electron chi connectivity index (χ3n) is 5.37. The van der Waals surface area contributed by atoms with E-state index in [0.717, 1.165) is 19.0 Å². The van der Waals surface area contributed by atoms with E-state index in [1.54, 1.807) is 11.9 Å². The van der Waals surface area contributed by atoms with Crippen LogP contribution in [0.2, 0.25) is 0 Å². The summed E-state index contributed by atoms with van der Waals surface area (Å²) in [6.45, 7) is 7.35. The average Bonchev–Trinajstić information content (AvgIpc) is 3.26. The van der Waals surface area contributed by atoms with Crippen molar-refractivity contribution in [1.29, 1.82) is 0 Å². The summed E-state index contributed by atoms with van der Waals surface area (Å²) in [5.74, 6) is -0.168. The fourth-order valence-electron chi connectivity index (χ4n) is 3.50. The molecule has 0 spiro atoms. The highest BCUT2D eigenvalue weighted by Crippen LogP contribution is 2.16. The second-order valence-electron chi connectivity index (χ2n) is 10.1. The monoisotopic (exact) mass is 524 g/mol. The number of likely N-dealkylation sites (tertiary alicyclic amines) is 1. The molecule has 1 aliphatic heterocycles. The smallest absolute Gasteiger partial charge is 0.407 e. The number of rotatable bonds is 9. The van der Waals surface area contributed by atoms with Crippen LogP contribution in [-0.2, 0) is 14.3 Å². The van der Waals surface area contributed by atoms with E-state index in [-0.39, 0.29) is 30.0 Å². The number of nitrogens with one attached hydrogen (secondary N) is 1. The number of hydrogen-bond donors (Lipinski definition) is 1. The Morgan fingerprint density at radius 1 is 1.22 bits per heavy atom. The van der Waals surface area contributed by atoms with Gasteiger partial charge in [-0.3, -0.25) is 14.4 Å². The van der Waals surface area contributed by atoms with Crippen LogP contribution in [0.25, 0.3) is 0 Å². The normalized spacial score (nSPS) is 14.9. The third kappa shape index (κ3) is 12.5. The first-order valence-corrected chi connectivity index (χ1v) is 12.2. The van der Waals surface area contributed by atoms with E-state index in [9.17, 15) is 23.6 Å². The van der Waals surface area contributed by atoms with Gasteiger partial charge in [-0.2, -0.15) is 0 Å². The number of nitrogens with zero attached hydrogens (tertiary/aromatic N) is 3.